The molecule has 8 heteroatoms. The zero-order valence-electron chi connectivity index (χ0n) is 16.2. The fourth-order valence-electron chi connectivity index (χ4n) is 3.86. The largest absolute Gasteiger partial charge is 0.417 e. The zero-order chi connectivity index (χ0) is 21.1. The summed E-state index contributed by atoms with van der Waals surface area (Å²) in [5, 5.41) is 7.22. The van der Waals surface area contributed by atoms with E-state index < -0.39 is 23.2 Å². The number of hydrogen-bond donors (Lipinski definition) is 1. The Morgan fingerprint density at radius 1 is 1.10 bits per heavy atom. The van der Waals surface area contributed by atoms with E-state index in [1.54, 1.807) is 6.20 Å². The molecule has 1 saturated carbocycles. The molecule has 2 aromatic heterocycles. The van der Waals surface area contributed by atoms with E-state index in [1.165, 1.54) is 18.2 Å². The van der Waals surface area contributed by atoms with Crippen LogP contribution < -0.4 is 5.32 Å². The van der Waals surface area contributed by atoms with Crippen LogP contribution in [0.1, 0.15) is 53.3 Å². The van der Waals surface area contributed by atoms with Crippen LogP contribution in [0.15, 0.2) is 54.7 Å². The molecule has 1 amide bonds. The van der Waals surface area contributed by atoms with Gasteiger partial charge < -0.3 is 5.32 Å². The summed E-state index contributed by atoms with van der Waals surface area (Å²) in [4.78, 5) is 16.8. The number of nitrogens with zero attached hydrogens (tertiary/aromatic N) is 3. The van der Waals surface area contributed by atoms with Crippen molar-refractivity contribution in [3.8, 4) is 11.4 Å². The number of nitrogens with one attached hydrogen (secondary N) is 1. The van der Waals surface area contributed by atoms with Gasteiger partial charge in [0.1, 0.15) is 0 Å². The predicted molar refractivity (Wildman–Crippen MR) is 106 cm³/mol. The van der Waals surface area contributed by atoms with Gasteiger partial charge in [0.15, 0.2) is 0 Å². The van der Waals surface area contributed by atoms with Crippen molar-refractivity contribution in [2.75, 3.05) is 0 Å². The van der Waals surface area contributed by atoms with Gasteiger partial charge in [-0.15, -0.1) is 0 Å². The molecule has 1 aromatic carbocycles. The third-order valence-electron chi connectivity index (χ3n) is 5.29. The van der Waals surface area contributed by atoms with Crippen LogP contribution >= 0.6 is 0 Å². The highest BCUT2D eigenvalue weighted by atomic mass is 19.4. The van der Waals surface area contributed by atoms with Crippen LogP contribution in [0.4, 0.5) is 13.2 Å². The van der Waals surface area contributed by atoms with E-state index in [0.29, 0.717) is 5.69 Å². The third-order valence-corrected chi connectivity index (χ3v) is 5.29. The first-order chi connectivity index (χ1) is 14.4. The molecule has 4 rings (SSSR count). The van der Waals surface area contributed by atoms with E-state index in [-0.39, 0.29) is 12.6 Å². The Bertz CT molecular complexity index is 1020. The van der Waals surface area contributed by atoms with Crippen molar-refractivity contribution >= 4 is 5.91 Å². The number of halogens is 3. The Morgan fingerprint density at radius 2 is 1.83 bits per heavy atom. The standard InChI is InChI=1S/C22H21F3N4O/c23-22(24,25)18-10-4-3-9-17(18)21(30)27-14-15-13-20(19-11-5-6-12-26-19)29(28-15)16-7-1-2-8-16/h3-6,9-13,16H,1-2,7-8,14H2,(H,27,30). The van der Waals surface area contributed by atoms with Crippen molar-refractivity contribution in [1.82, 2.24) is 20.1 Å². The van der Waals surface area contributed by atoms with E-state index in [1.807, 2.05) is 28.9 Å². The third kappa shape index (κ3) is 4.22. The molecule has 1 fully saturated rings. The summed E-state index contributed by atoms with van der Waals surface area (Å²) >= 11 is 0. The SMILES string of the molecule is O=C(NCc1cc(-c2ccccn2)n(C2CCCC2)n1)c1ccccc1C(F)(F)F. The van der Waals surface area contributed by atoms with E-state index >= 15 is 0 Å². The quantitative estimate of drug-likeness (QED) is 0.639. The first-order valence-electron chi connectivity index (χ1n) is 9.88. The molecule has 0 spiro atoms. The van der Waals surface area contributed by atoms with Crippen LogP contribution in [0.25, 0.3) is 11.4 Å². The smallest absolute Gasteiger partial charge is 0.346 e. The normalized spacial score (nSPS) is 14.8. The minimum atomic E-state index is -4.59. The highest BCUT2D eigenvalue weighted by molar-refractivity contribution is 5.95. The second-order valence-electron chi connectivity index (χ2n) is 7.34. The van der Waals surface area contributed by atoms with Crippen molar-refractivity contribution in [2.45, 2.75) is 44.4 Å². The lowest BCUT2D eigenvalue weighted by atomic mass is 10.1. The molecule has 0 atom stereocenters. The number of carbonyl (C=O) groups excluding carboxylic acids is 1. The van der Waals surface area contributed by atoms with Crippen molar-refractivity contribution in [2.24, 2.45) is 0 Å². The van der Waals surface area contributed by atoms with Crippen LogP contribution in [-0.4, -0.2) is 20.7 Å². The average molecular weight is 414 g/mol. The van der Waals surface area contributed by atoms with Crippen LogP contribution in [0, 0.1) is 0 Å². The maximum absolute atomic E-state index is 13.2. The van der Waals surface area contributed by atoms with E-state index in [0.717, 1.165) is 43.1 Å². The number of alkyl halides is 3. The molecule has 156 valence electrons. The molecule has 0 aliphatic heterocycles. The second kappa shape index (κ2) is 8.30. The maximum atomic E-state index is 13.2. The van der Waals surface area contributed by atoms with Crippen molar-refractivity contribution in [3.63, 3.8) is 0 Å². The number of pyridine rings is 1. The molecule has 1 N–H and O–H groups in total. The first-order valence-corrected chi connectivity index (χ1v) is 9.88. The monoisotopic (exact) mass is 414 g/mol. The number of aromatic nitrogens is 3. The molecule has 2 heterocycles. The molecule has 3 aromatic rings. The van der Waals surface area contributed by atoms with Gasteiger partial charge in [-0.3, -0.25) is 14.5 Å². The Balaban J connectivity index is 1.57. The average Bonchev–Trinajstić information content (AvgIpc) is 3.42. The number of hydrogen-bond acceptors (Lipinski definition) is 3. The summed E-state index contributed by atoms with van der Waals surface area (Å²) in [6.07, 6.45) is 1.42. The number of rotatable bonds is 5. The minimum Gasteiger partial charge on any atom is -0.346 e. The number of carbonyl (C=O) groups is 1. The molecule has 30 heavy (non-hydrogen) atoms. The van der Waals surface area contributed by atoms with Crippen LogP contribution in [0.3, 0.4) is 0 Å². The van der Waals surface area contributed by atoms with E-state index in [4.69, 9.17) is 0 Å². The van der Waals surface area contributed by atoms with Crippen molar-refractivity contribution in [3.05, 3.63) is 71.5 Å². The van der Waals surface area contributed by atoms with Gasteiger partial charge in [-0.2, -0.15) is 18.3 Å². The fourth-order valence-corrected chi connectivity index (χ4v) is 3.86. The topological polar surface area (TPSA) is 59.8 Å². The molecule has 0 unspecified atom stereocenters. The second-order valence-corrected chi connectivity index (χ2v) is 7.34. The summed E-state index contributed by atoms with van der Waals surface area (Å²) in [5.74, 6) is -0.780. The van der Waals surface area contributed by atoms with Crippen LogP contribution in [0.5, 0.6) is 0 Å². The summed E-state index contributed by atoms with van der Waals surface area (Å²) in [6.45, 7) is 0.0323. The molecule has 1 aliphatic rings. The molecule has 0 radical (unpaired) electrons. The number of benzene rings is 1. The van der Waals surface area contributed by atoms with Gasteiger partial charge in [0.2, 0.25) is 0 Å². The zero-order valence-corrected chi connectivity index (χ0v) is 16.2. The van der Waals surface area contributed by atoms with Crippen molar-refractivity contribution in [1.29, 1.82) is 0 Å². The fraction of sp³-hybridized carbons (Fsp3) is 0.318. The molecule has 0 saturated heterocycles. The Hall–Kier alpha value is -3.16. The Morgan fingerprint density at radius 3 is 2.53 bits per heavy atom. The first kappa shape index (κ1) is 20.1. The predicted octanol–water partition coefficient (Wildman–Crippen LogP) is 5.01. The minimum absolute atomic E-state index is 0.0323. The summed E-state index contributed by atoms with van der Waals surface area (Å²) in [5.41, 5.74) is 0.859. The lowest BCUT2D eigenvalue weighted by Crippen LogP contribution is -2.26. The molecule has 1 aliphatic carbocycles. The molecule has 0 bridgehead atoms. The lowest BCUT2D eigenvalue weighted by molar-refractivity contribution is -0.137. The summed E-state index contributed by atoms with van der Waals surface area (Å²) < 4.78 is 41.5. The van der Waals surface area contributed by atoms with E-state index in [9.17, 15) is 18.0 Å². The van der Waals surface area contributed by atoms with Gasteiger partial charge in [-0.1, -0.05) is 31.0 Å². The number of amides is 1. The lowest BCUT2D eigenvalue weighted by Gasteiger charge is -2.14. The highest BCUT2D eigenvalue weighted by Crippen LogP contribution is 2.34. The van der Waals surface area contributed by atoms with Crippen LogP contribution in [0.2, 0.25) is 0 Å². The molecular weight excluding hydrogens is 393 g/mol. The molecular formula is C22H21F3N4O. The van der Waals surface area contributed by atoms with Gasteiger partial charge in [0.25, 0.3) is 5.91 Å². The van der Waals surface area contributed by atoms with E-state index in [2.05, 4.69) is 15.4 Å². The van der Waals surface area contributed by atoms with Gasteiger partial charge in [0.05, 0.1) is 40.8 Å². The summed E-state index contributed by atoms with van der Waals surface area (Å²) in [7, 11) is 0. The maximum Gasteiger partial charge on any atom is 0.417 e. The highest BCUT2D eigenvalue weighted by Gasteiger charge is 2.34. The van der Waals surface area contributed by atoms with Gasteiger partial charge in [-0.25, -0.2) is 0 Å². The van der Waals surface area contributed by atoms with Gasteiger partial charge in [0, 0.05) is 6.20 Å². The Kier molecular flexibility index (Phi) is 5.57. The summed E-state index contributed by atoms with van der Waals surface area (Å²) in [6, 6.07) is 12.5. The Labute approximate surface area is 171 Å². The van der Waals surface area contributed by atoms with Crippen LogP contribution in [-0.2, 0) is 12.7 Å². The van der Waals surface area contributed by atoms with Gasteiger partial charge >= 0.3 is 6.18 Å². The van der Waals surface area contributed by atoms with Crippen molar-refractivity contribution < 1.29 is 18.0 Å². The molecule has 5 nitrogen and oxygen atoms in total. The van der Waals surface area contributed by atoms with Gasteiger partial charge in [-0.05, 0) is 43.2 Å².